The normalized spacial score (nSPS) is 25.9. The van der Waals surface area contributed by atoms with Crippen LogP contribution < -0.4 is 14.8 Å². The molecule has 2 aliphatic heterocycles. The van der Waals surface area contributed by atoms with Crippen LogP contribution in [0.5, 0.6) is 11.5 Å². The van der Waals surface area contributed by atoms with Crippen LogP contribution in [0.3, 0.4) is 0 Å². The summed E-state index contributed by atoms with van der Waals surface area (Å²) in [5.74, 6) is 1.73. The number of nitrogens with one attached hydrogen (secondary N) is 1. The van der Waals surface area contributed by atoms with Gasteiger partial charge in [-0.3, -0.25) is 0 Å². The summed E-state index contributed by atoms with van der Waals surface area (Å²) in [6.45, 7) is 5.62. The molecule has 3 unspecified atom stereocenters. The van der Waals surface area contributed by atoms with Gasteiger partial charge < -0.3 is 19.5 Å². The van der Waals surface area contributed by atoms with Crippen molar-refractivity contribution in [1.82, 2.24) is 5.32 Å². The summed E-state index contributed by atoms with van der Waals surface area (Å²) < 4.78 is 16.3. The van der Waals surface area contributed by atoms with E-state index < -0.39 is 0 Å². The minimum absolute atomic E-state index is 0.336. The maximum atomic E-state index is 5.59. The highest BCUT2D eigenvalue weighted by atomic mass is 16.7. The average molecular weight is 277 g/mol. The van der Waals surface area contributed by atoms with Crippen LogP contribution in [0.4, 0.5) is 0 Å². The first-order valence-electron chi connectivity index (χ1n) is 7.48. The van der Waals surface area contributed by atoms with Crippen molar-refractivity contribution in [2.24, 2.45) is 0 Å². The Bertz CT molecular complexity index is 463. The largest absolute Gasteiger partial charge is 0.454 e. The van der Waals surface area contributed by atoms with Crippen molar-refractivity contribution in [3.63, 3.8) is 0 Å². The molecule has 1 N–H and O–H groups in total. The summed E-state index contributed by atoms with van der Waals surface area (Å²) in [6, 6.07) is 7.22. The van der Waals surface area contributed by atoms with Crippen LogP contribution in [-0.4, -0.2) is 31.6 Å². The van der Waals surface area contributed by atoms with E-state index in [0.29, 0.717) is 25.0 Å². The molecule has 1 fully saturated rings. The first kappa shape index (κ1) is 13.7. The lowest BCUT2D eigenvalue weighted by atomic mass is 10.0. The number of ether oxygens (including phenoxy) is 3. The van der Waals surface area contributed by atoms with Crippen molar-refractivity contribution in [3.05, 3.63) is 23.8 Å². The Morgan fingerprint density at radius 1 is 1.30 bits per heavy atom. The Balaban J connectivity index is 1.49. The molecule has 3 atom stereocenters. The van der Waals surface area contributed by atoms with Gasteiger partial charge in [-0.2, -0.15) is 0 Å². The fraction of sp³-hybridized carbons (Fsp3) is 0.625. The maximum Gasteiger partial charge on any atom is 0.231 e. The average Bonchev–Trinajstić information content (AvgIpc) is 3.05. The van der Waals surface area contributed by atoms with Crippen LogP contribution in [0, 0.1) is 0 Å². The smallest absolute Gasteiger partial charge is 0.231 e. The SMILES string of the molecule is CC(CCc1ccc2c(c1)OCO2)NC1CCOC1C. The second-order valence-corrected chi connectivity index (χ2v) is 5.77. The summed E-state index contributed by atoms with van der Waals surface area (Å²) in [7, 11) is 0. The van der Waals surface area contributed by atoms with Crippen molar-refractivity contribution >= 4 is 0 Å². The van der Waals surface area contributed by atoms with E-state index in [-0.39, 0.29) is 0 Å². The molecule has 20 heavy (non-hydrogen) atoms. The molecule has 1 saturated heterocycles. The molecule has 1 aromatic rings. The molecule has 0 spiro atoms. The molecule has 2 aliphatic rings. The Morgan fingerprint density at radius 3 is 2.95 bits per heavy atom. The summed E-state index contributed by atoms with van der Waals surface area (Å²) in [6.07, 6.45) is 3.62. The van der Waals surface area contributed by atoms with Gasteiger partial charge in [0.25, 0.3) is 0 Å². The zero-order chi connectivity index (χ0) is 13.9. The van der Waals surface area contributed by atoms with E-state index in [4.69, 9.17) is 14.2 Å². The van der Waals surface area contributed by atoms with E-state index in [1.807, 2.05) is 6.07 Å². The third-order valence-electron chi connectivity index (χ3n) is 4.18. The number of rotatable bonds is 5. The Kier molecular flexibility index (Phi) is 4.13. The predicted molar refractivity (Wildman–Crippen MR) is 77.3 cm³/mol. The monoisotopic (exact) mass is 277 g/mol. The maximum absolute atomic E-state index is 5.59. The first-order chi connectivity index (χ1) is 9.72. The predicted octanol–water partition coefficient (Wildman–Crippen LogP) is 2.50. The van der Waals surface area contributed by atoms with Gasteiger partial charge in [0.2, 0.25) is 6.79 Å². The number of hydrogen-bond acceptors (Lipinski definition) is 4. The highest BCUT2D eigenvalue weighted by Crippen LogP contribution is 2.32. The van der Waals surface area contributed by atoms with E-state index in [1.165, 1.54) is 5.56 Å². The third-order valence-corrected chi connectivity index (χ3v) is 4.18. The van der Waals surface area contributed by atoms with Gasteiger partial charge in [-0.15, -0.1) is 0 Å². The number of hydrogen-bond donors (Lipinski definition) is 1. The highest BCUT2D eigenvalue weighted by Gasteiger charge is 2.25. The molecular formula is C16H23NO3. The number of fused-ring (bicyclic) bond motifs is 1. The minimum atomic E-state index is 0.336. The molecule has 0 aromatic heterocycles. The second kappa shape index (κ2) is 6.02. The molecule has 110 valence electrons. The van der Waals surface area contributed by atoms with E-state index in [1.54, 1.807) is 0 Å². The van der Waals surface area contributed by atoms with Gasteiger partial charge in [0.1, 0.15) is 0 Å². The van der Waals surface area contributed by atoms with E-state index in [9.17, 15) is 0 Å². The molecule has 0 bridgehead atoms. The van der Waals surface area contributed by atoms with Crippen LogP contribution in [0.2, 0.25) is 0 Å². The van der Waals surface area contributed by atoms with Crippen molar-refractivity contribution in [2.45, 2.75) is 51.3 Å². The summed E-state index contributed by atoms with van der Waals surface area (Å²) in [5.41, 5.74) is 1.30. The molecule has 2 heterocycles. The van der Waals surface area contributed by atoms with Crippen LogP contribution in [0.15, 0.2) is 18.2 Å². The molecule has 1 aromatic carbocycles. The number of benzene rings is 1. The Labute approximate surface area is 120 Å². The summed E-state index contributed by atoms with van der Waals surface area (Å²) in [5, 5.41) is 3.67. The quantitative estimate of drug-likeness (QED) is 0.897. The topological polar surface area (TPSA) is 39.7 Å². The zero-order valence-electron chi connectivity index (χ0n) is 12.2. The standard InChI is InChI=1S/C16H23NO3/c1-11(17-14-7-8-18-12(14)2)3-4-13-5-6-15-16(9-13)20-10-19-15/h5-6,9,11-12,14,17H,3-4,7-8,10H2,1-2H3. The lowest BCUT2D eigenvalue weighted by Crippen LogP contribution is -2.40. The fourth-order valence-electron chi connectivity index (χ4n) is 2.88. The van der Waals surface area contributed by atoms with Crippen LogP contribution in [0.25, 0.3) is 0 Å². The van der Waals surface area contributed by atoms with E-state index >= 15 is 0 Å². The van der Waals surface area contributed by atoms with Gasteiger partial charge in [-0.1, -0.05) is 6.07 Å². The van der Waals surface area contributed by atoms with Crippen molar-refractivity contribution in [1.29, 1.82) is 0 Å². The van der Waals surface area contributed by atoms with Crippen molar-refractivity contribution in [3.8, 4) is 11.5 Å². The van der Waals surface area contributed by atoms with Crippen LogP contribution in [0.1, 0.15) is 32.3 Å². The Hall–Kier alpha value is -1.26. The zero-order valence-corrected chi connectivity index (χ0v) is 12.2. The fourth-order valence-corrected chi connectivity index (χ4v) is 2.88. The molecular weight excluding hydrogens is 254 g/mol. The second-order valence-electron chi connectivity index (χ2n) is 5.77. The molecule has 0 radical (unpaired) electrons. The summed E-state index contributed by atoms with van der Waals surface area (Å²) in [4.78, 5) is 0. The molecule has 0 amide bonds. The minimum Gasteiger partial charge on any atom is -0.454 e. The lowest BCUT2D eigenvalue weighted by molar-refractivity contribution is 0.111. The first-order valence-corrected chi connectivity index (χ1v) is 7.48. The van der Waals surface area contributed by atoms with Crippen molar-refractivity contribution < 1.29 is 14.2 Å². The molecule has 4 heteroatoms. The van der Waals surface area contributed by atoms with Gasteiger partial charge in [0.05, 0.1) is 6.10 Å². The highest BCUT2D eigenvalue weighted by molar-refractivity contribution is 5.44. The van der Waals surface area contributed by atoms with Crippen molar-refractivity contribution in [2.75, 3.05) is 13.4 Å². The molecule has 4 nitrogen and oxygen atoms in total. The van der Waals surface area contributed by atoms with E-state index in [0.717, 1.165) is 37.4 Å². The molecule has 0 aliphatic carbocycles. The van der Waals surface area contributed by atoms with Gasteiger partial charge >= 0.3 is 0 Å². The van der Waals surface area contributed by atoms with Gasteiger partial charge in [-0.25, -0.2) is 0 Å². The van der Waals surface area contributed by atoms with Gasteiger partial charge in [-0.05, 0) is 50.8 Å². The van der Waals surface area contributed by atoms with Gasteiger partial charge in [0.15, 0.2) is 11.5 Å². The van der Waals surface area contributed by atoms with Crippen LogP contribution in [-0.2, 0) is 11.2 Å². The third kappa shape index (κ3) is 3.07. The van der Waals surface area contributed by atoms with E-state index in [2.05, 4.69) is 31.3 Å². The lowest BCUT2D eigenvalue weighted by Gasteiger charge is -2.21. The Morgan fingerprint density at radius 2 is 2.15 bits per heavy atom. The van der Waals surface area contributed by atoms with Crippen LogP contribution >= 0.6 is 0 Å². The number of aryl methyl sites for hydroxylation is 1. The molecule has 3 rings (SSSR count). The summed E-state index contributed by atoms with van der Waals surface area (Å²) >= 11 is 0. The molecule has 0 saturated carbocycles. The van der Waals surface area contributed by atoms with Gasteiger partial charge in [0, 0.05) is 18.7 Å².